The molecule has 2 aromatic carbocycles. The molecule has 0 radical (unpaired) electrons. The summed E-state index contributed by atoms with van der Waals surface area (Å²) >= 11 is 5.00. The number of esters is 3. The SMILES string of the molecule is CC(=O)OC1[C@H](OC2C(=O)c3c(O)cc(OC(=O)CCC(=O)OC(C)(C)C)cc3OC2c2ccc3oc(=S)oc3c2)O[C@H](CO[C@H]2OC(C)C(OC(=O)O)[C@@H](OC(=O)O)[C@H]2OC(=O)O)C(OC(=O)O)[C@@H]1OC(=O)O. The van der Waals surface area contributed by atoms with Gasteiger partial charge in [-0.05, 0) is 45.4 Å². The van der Waals surface area contributed by atoms with Crippen molar-refractivity contribution in [1.29, 1.82) is 0 Å². The minimum Gasteiger partial charge on any atom is -0.507 e. The van der Waals surface area contributed by atoms with Gasteiger partial charge in [0.2, 0.25) is 5.78 Å². The minimum absolute atomic E-state index is 0.00242. The summed E-state index contributed by atoms with van der Waals surface area (Å²) in [7, 11) is 0. The lowest BCUT2D eigenvalue weighted by molar-refractivity contribution is -0.334. The number of aromatic hydroxyl groups is 1. The third-order valence-corrected chi connectivity index (χ3v) is 10.6. The zero-order chi connectivity index (χ0) is 54.5. The normalized spacial score (nSPS) is 26.5. The van der Waals surface area contributed by atoms with Crippen LogP contribution in [0.4, 0.5) is 24.0 Å². The second-order valence-electron chi connectivity index (χ2n) is 16.9. The van der Waals surface area contributed by atoms with Crippen LogP contribution in [-0.2, 0) is 66.5 Å². The van der Waals surface area contributed by atoms with Gasteiger partial charge in [0, 0.05) is 31.3 Å². The molecule has 402 valence electrons. The number of rotatable bonds is 16. The van der Waals surface area contributed by atoms with E-state index in [0.717, 1.165) is 26.0 Å². The van der Waals surface area contributed by atoms with Crippen LogP contribution in [0.25, 0.3) is 11.2 Å². The molecule has 3 aromatic rings. The van der Waals surface area contributed by atoms with E-state index in [1.54, 1.807) is 20.8 Å². The molecule has 3 aliphatic rings. The average Bonchev–Trinajstić information content (AvgIpc) is 3.65. The number of Topliss-reactive ketones (excluding diaryl/α,β-unsaturated/α-hetero) is 1. The highest BCUT2D eigenvalue weighted by Gasteiger charge is 2.57. The van der Waals surface area contributed by atoms with Crippen molar-refractivity contribution in [1.82, 2.24) is 0 Å². The molecule has 0 saturated carbocycles. The summed E-state index contributed by atoms with van der Waals surface area (Å²) in [6.45, 7) is 5.67. The summed E-state index contributed by atoms with van der Waals surface area (Å²) in [4.78, 5) is 112. The van der Waals surface area contributed by atoms with Crippen LogP contribution in [0.2, 0.25) is 0 Å². The van der Waals surface area contributed by atoms with Crippen molar-refractivity contribution in [3.63, 3.8) is 0 Å². The molecule has 4 heterocycles. The van der Waals surface area contributed by atoms with E-state index in [-0.39, 0.29) is 33.8 Å². The molecule has 31 heteroatoms. The van der Waals surface area contributed by atoms with Gasteiger partial charge >= 0.3 is 53.6 Å². The lowest BCUT2D eigenvalue weighted by Crippen LogP contribution is -2.65. The molecule has 30 nitrogen and oxygen atoms in total. The molecule has 12 atom stereocenters. The molecule has 6 rings (SSSR count). The molecule has 1 aromatic heterocycles. The number of ether oxygens (including phenoxy) is 13. The number of hydrogen-bond acceptors (Lipinski definition) is 26. The molecular weight excluding hydrogens is 1030 g/mol. The molecule has 0 amide bonds. The highest BCUT2D eigenvalue weighted by atomic mass is 32.1. The van der Waals surface area contributed by atoms with Crippen molar-refractivity contribution < 1.29 is 144 Å². The summed E-state index contributed by atoms with van der Waals surface area (Å²) in [5.74, 6) is -5.71. The van der Waals surface area contributed by atoms with Gasteiger partial charge in [-0.15, -0.1) is 0 Å². The first-order chi connectivity index (χ1) is 34.7. The second-order valence-corrected chi connectivity index (χ2v) is 17.2. The Morgan fingerprint density at radius 1 is 0.676 bits per heavy atom. The van der Waals surface area contributed by atoms with Crippen LogP contribution in [-0.4, -0.2) is 165 Å². The molecule has 6 N–H and O–H groups in total. The maximum atomic E-state index is 14.8. The molecule has 74 heavy (non-hydrogen) atoms. The second kappa shape index (κ2) is 22.8. The predicted octanol–water partition coefficient (Wildman–Crippen LogP) is 4.92. The van der Waals surface area contributed by atoms with Gasteiger partial charge in [0.25, 0.3) is 0 Å². The fraction of sp³-hybridized carbons (Fsp3) is 0.488. The molecule has 2 fully saturated rings. The Labute approximate surface area is 418 Å². The van der Waals surface area contributed by atoms with E-state index < -0.39 is 164 Å². The largest absolute Gasteiger partial charge is 0.507 e. The van der Waals surface area contributed by atoms with Crippen LogP contribution >= 0.6 is 12.2 Å². The Bertz CT molecular complexity index is 2720. The Kier molecular flexibility index (Phi) is 17.1. The lowest BCUT2D eigenvalue weighted by atomic mass is 9.92. The molecule has 3 aliphatic heterocycles. The van der Waals surface area contributed by atoms with Gasteiger partial charge in [0.1, 0.15) is 34.5 Å². The first-order valence-corrected chi connectivity index (χ1v) is 21.9. The Balaban J connectivity index is 1.40. The van der Waals surface area contributed by atoms with Gasteiger partial charge in [0.15, 0.2) is 72.6 Å². The molecule has 0 aliphatic carbocycles. The van der Waals surface area contributed by atoms with E-state index in [1.807, 2.05) is 0 Å². The zero-order valence-electron chi connectivity index (χ0n) is 38.8. The van der Waals surface area contributed by atoms with E-state index >= 15 is 0 Å². The maximum absolute atomic E-state index is 14.8. The fourth-order valence-electron chi connectivity index (χ4n) is 7.84. The van der Waals surface area contributed by atoms with E-state index in [4.69, 9.17) is 82.6 Å². The van der Waals surface area contributed by atoms with Gasteiger partial charge in [-0.25, -0.2) is 24.0 Å². The highest BCUT2D eigenvalue weighted by Crippen LogP contribution is 2.45. The Morgan fingerprint density at radius 2 is 1.23 bits per heavy atom. The van der Waals surface area contributed by atoms with Gasteiger partial charge in [-0.3, -0.25) is 19.2 Å². The van der Waals surface area contributed by atoms with Crippen LogP contribution in [0.3, 0.4) is 0 Å². The molecule has 0 bridgehead atoms. The third-order valence-electron chi connectivity index (χ3n) is 10.5. The zero-order valence-corrected chi connectivity index (χ0v) is 39.6. The number of carbonyl (C=O) groups is 9. The van der Waals surface area contributed by atoms with Crippen molar-refractivity contribution in [2.45, 2.75) is 127 Å². The number of carbonyl (C=O) groups excluding carboxylic acids is 4. The first-order valence-electron chi connectivity index (χ1n) is 21.4. The molecule has 2 saturated heterocycles. The van der Waals surface area contributed by atoms with Crippen LogP contribution in [0.15, 0.2) is 39.2 Å². The number of benzene rings is 2. The van der Waals surface area contributed by atoms with E-state index in [0.29, 0.717) is 0 Å². The number of ketones is 1. The van der Waals surface area contributed by atoms with Crippen molar-refractivity contribution in [2.24, 2.45) is 0 Å². The topological polar surface area (TPSA) is 421 Å². The first kappa shape index (κ1) is 55.3. The summed E-state index contributed by atoms with van der Waals surface area (Å²) in [6.07, 6.45) is -36.2. The average molecular weight is 1070 g/mol. The van der Waals surface area contributed by atoms with E-state index in [1.165, 1.54) is 18.2 Å². The third kappa shape index (κ3) is 13.7. The predicted molar refractivity (Wildman–Crippen MR) is 230 cm³/mol. The van der Waals surface area contributed by atoms with E-state index in [9.17, 15) is 73.8 Å². The van der Waals surface area contributed by atoms with Crippen LogP contribution in [0.1, 0.15) is 69.5 Å². The number of phenolic OH excluding ortho intramolecular Hbond substituents is 1. The lowest BCUT2D eigenvalue weighted by Gasteiger charge is -2.46. The Morgan fingerprint density at radius 3 is 1.84 bits per heavy atom. The number of carboxylic acid groups (broad SMARTS) is 5. The van der Waals surface area contributed by atoms with Crippen molar-refractivity contribution in [2.75, 3.05) is 6.61 Å². The van der Waals surface area contributed by atoms with Crippen molar-refractivity contribution in [3.05, 3.63) is 46.4 Å². The van der Waals surface area contributed by atoms with Gasteiger partial charge in [-0.1, -0.05) is 6.07 Å². The molecular formula is C43H44O30S. The molecule has 6 unspecified atom stereocenters. The summed E-state index contributed by atoms with van der Waals surface area (Å²) < 4.78 is 80.7. The number of fused-ring (bicyclic) bond motifs is 2. The van der Waals surface area contributed by atoms with Gasteiger partial charge < -0.3 is 101 Å². The number of phenols is 1. The van der Waals surface area contributed by atoms with Crippen LogP contribution in [0.5, 0.6) is 17.2 Å². The van der Waals surface area contributed by atoms with E-state index in [2.05, 4.69) is 0 Å². The maximum Gasteiger partial charge on any atom is 0.506 e. The summed E-state index contributed by atoms with van der Waals surface area (Å²) in [5.41, 5.74) is -1.35. The fourth-order valence-corrected chi connectivity index (χ4v) is 8.02. The smallest absolute Gasteiger partial charge is 0.506 e. The quantitative estimate of drug-likeness (QED) is 0.0479. The van der Waals surface area contributed by atoms with Gasteiger partial charge in [0.05, 0.1) is 25.6 Å². The highest BCUT2D eigenvalue weighted by molar-refractivity contribution is 7.71. The van der Waals surface area contributed by atoms with Gasteiger partial charge in [-0.2, -0.15) is 0 Å². The molecule has 0 spiro atoms. The minimum atomic E-state index is -2.31. The summed E-state index contributed by atoms with van der Waals surface area (Å²) in [5, 5.41) is 59.4. The summed E-state index contributed by atoms with van der Waals surface area (Å²) in [6, 6.07) is 5.87. The van der Waals surface area contributed by atoms with Crippen LogP contribution < -0.4 is 9.47 Å². The number of hydrogen-bond donors (Lipinski definition) is 6. The van der Waals surface area contributed by atoms with Crippen molar-refractivity contribution >= 4 is 77.9 Å². The van der Waals surface area contributed by atoms with Crippen LogP contribution in [0, 0.1) is 4.90 Å². The Hall–Kier alpha value is -8.00. The monoisotopic (exact) mass is 1070 g/mol. The van der Waals surface area contributed by atoms with Crippen molar-refractivity contribution in [3.8, 4) is 17.2 Å². The standard InChI is InChI=1S/C43H44O30S/c1-14-27(68-37(49)50)31(70-39(53)54)33(72-41(57)58)35(60-14)59-13-22-29(69-38(51)52)32(71-40(55)56)34(61-15(2)44)36(64-22)67-30-26(48)25-18(45)11-17(62-23(46)8-9-24(47)73-43(3,4)5)12-21(25)63-28(30)16-6-7-19-20(10-16)66-42(74)65-19/h6-7,10-12,14,22,27-36,45H,8-9,13H2,1-5H3,(H,49,50)(H,51,52)(H,53,54)(H,55,56)(H,57,58)/t14?,22-,27?,28?,29?,30?,31-,32+,33-,34?,35+,36+/m1/s1.